The molecule has 0 fully saturated rings. The van der Waals surface area contributed by atoms with Crippen molar-refractivity contribution in [3.63, 3.8) is 0 Å². The number of ether oxygens (including phenoxy) is 1. The topological polar surface area (TPSA) is 86.1 Å². The highest BCUT2D eigenvalue weighted by Crippen LogP contribution is 2.19. The number of halogens is 1. The maximum Gasteiger partial charge on any atom is 0.364 e. The molecule has 2 heterocycles. The number of hydrogen-bond acceptors (Lipinski definition) is 6. The van der Waals surface area contributed by atoms with Crippen molar-refractivity contribution in [1.29, 1.82) is 0 Å². The minimum atomic E-state index is -0.633. The molecule has 0 amide bonds. The molecule has 1 N–H and O–H groups in total. The average molecular weight is 429 g/mol. The number of hydrogen-bond donors (Lipinski definition) is 1. The first-order valence-corrected chi connectivity index (χ1v) is 9.05. The Morgan fingerprint density at radius 2 is 2.00 bits per heavy atom. The van der Waals surface area contributed by atoms with Gasteiger partial charge in [0.25, 0.3) is 5.56 Å². The zero-order valence-electron chi connectivity index (χ0n) is 14.8. The Balaban J connectivity index is 1.98. The molecule has 0 spiro atoms. The summed E-state index contributed by atoms with van der Waals surface area (Å²) in [6.45, 7) is 3.89. The third kappa shape index (κ3) is 4.22. The summed E-state index contributed by atoms with van der Waals surface area (Å²) in [6.07, 6.45) is 3.19. The van der Waals surface area contributed by atoms with Gasteiger partial charge in [-0.25, -0.2) is 9.78 Å². The quantitative estimate of drug-likeness (QED) is 0.492. The number of carbonyl (C=O) groups is 1. The van der Waals surface area contributed by atoms with Gasteiger partial charge in [0, 0.05) is 17.2 Å². The van der Waals surface area contributed by atoms with Crippen molar-refractivity contribution in [2.24, 2.45) is 0 Å². The average Bonchev–Trinajstić information content (AvgIpc) is 2.67. The summed E-state index contributed by atoms with van der Waals surface area (Å²) in [5.41, 5.74) is 0.798. The maximum absolute atomic E-state index is 12.7. The van der Waals surface area contributed by atoms with Gasteiger partial charge >= 0.3 is 5.97 Å². The summed E-state index contributed by atoms with van der Waals surface area (Å²) in [6, 6.07) is 10.4. The SMILES string of the molecule is CCn1c(C)c(C(=O)Oc2ccc(Br)cc2)nc(Nc2cccnc2)c1=O. The molecule has 0 atom stereocenters. The van der Waals surface area contributed by atoms with E-state index in [9.17, 15) is 9.59 Å². The molecular formula is C19H17BrN4O3. The minimum absolute atomic E-state index is 0.0400. The van der Waals surface area contributed by atoms with Gasteiger partial charge in [-0.1, -0.05) is 15.9 Å². The number of anilines is 2. The van der Waals surface area contributed by atoms with Crippen LogP contribution in [0.15, 0.2) is 58.1 Å². The van der Waals surface area contributed by atoms with Crippen molar-refractivity contribution in [2.75, 3.05) is 5.32 Å². The molecule has 3 aromatic rings. The molecule has 138 valence electrons. The van der Waals surface area contributed by atoms with Crippen LogP contribution in [0.5, 0.6) is 5.75 Å². The van der Waals surface area contributed by atoms with Crippen molar-refractivity contribution >= 4 is 33.4 Å². The Labute approximate surface area is 164 Å². The lowest BCUT2D eigenvalue weighted by molar-refractivity contribution is 0.0726. The number of nitrogens with one attached hydrogen (secondary N) is 1. The van der Waals surface area contributed by atoms with Crippen LogP contribution in [0.1, 0.15) is 23.1 Å². The minimum Gasteiger partial charge on any atom is -0.422 e. The number of esters is 1. The summed E-state index contributed by atoms with van der Waals surface area (Å²) < 4.78 is 7.75. The third-order valence-corrected chi connectivity index (χ3v) is 4.41. The molecular weight excluding hydrogens is 412 g/mol. The fourth-order valence-electron chi connectivity index (χ4n) is 2.54. The molecule has 7 nitrogen and oxygen atoms in total. The van der Waals surface area contributed by atoms with Gasteiger partial charge < -0.3 is 14.6 Å². The van der Waals surface area contributed by atoms with Crippen LogP contribution in [-0.4, -0.2) is 20.5 Å². The van der Waals surface area contributed by atoms with E-state index >= 15 is 0 Å². The maximum atomic E-state index is 12.7. The van der Waals surface area contributed by atoms with E-state index in [-0.39, 0.29) is 17.1 Å². The van der Waals surface area contributed by atoms with Gasteiger partial charge in [0.15, 0.2) is 11.5 Å². The summed E-state index contributed by atoms with van der Waals surface area (Å²) in [5.74, 6) is -0.204. The first kappa shape index (κ1) is 18.8. The van der Waals surface area contributed by atoms with Gasteiger partial charge in [-0.2, -0.15) is 0 Å². The number of benzene rings is 1. The smallest absolute Gasteiger partial charge is 0.364 e. The second-order valence-corrected chi connectivity index (χ2v) is 6.57. The van der Waals surface area contributed by atoms with Crippen LogP contribution in [0.3, 0.4) is 0 Å². The van der Waals surface area contributed by atoms with Gasteiger partial charge in [0.1, 0.15) is 5.75 Å². The third-order valence-electron chi connectivity index (χ3n) is 3.88. The number of carbonyl (C=O) groups excluding carboxylic acids is 1. The monoisotopic (exact) mass is 428 g/mol. The highest BCUT2D eigenvalue weighted by molar-refractivity contribution is 9.10. The standard InChI is InChI=1S/C19H17BrN4O3/c1-3-24-12(2)16(19(26)27-15-8-6-13(20)7-9-15)23-17(18(24)25)22-14-5-4-10-21-11-14/h4-11H,3H2,1-2H3,(H,22,23). The Morgan fingerprint density at radius 3 is 2.63 bits per heavy atom. The molecule has 3 rings (SSSR count). The van der Waals surface area contributed by atoms with E-state index in [2.05, 4.69) is 31.2 Å². The van der Waals surface area contributed by atoms with Crippen LogP contribution in [-0.2, 0) is 6.54 Å². The Hall–Kier alpha value is -3.00. The molecule has 0 aliphatic rings. The van der Waals surface area contributed by atoms with Crippen LogP contribution in [0, 0.1) is 6.92 Å². The van der Waals surface area contributed by atoms with Gasteiger partial charge in [0.2, 0.25) is 0 Å². The van der Waals surface area contributed by atoms with E-state index in [0.717, 1.165) is 4.47 Å². The second kappa shape index (κ2) is 8.13. The van der Waals surface area contributed by atoms with E-state index in [1.165, 1.54) is 4.57 Å². The lowest BCUT2D eigenvalue weighted by atomic mass is 10.3. The van der Waals surface area contributed by atoms with Gasteiger partial charge in [-0.3, -0.25) is 9.78 Å². The molecule has 0 aliphatic carbocycles. The van der Waals surface area contributed by atoms with E-state index in [1.54, 1.807) is 55.7 Å². The Morgan fingerprint density at radius 1 is 1.26 bits per heavy atom. The molecule has 1 aromatic carbocycles. The highest BCUT2D eigenvalue weighted by Gasteiger charge is 2.20. The molecule has 27 heavy (non-hydrogen) atoms. The molecule has 0 saturated heterocycles. The van der Waals surface area contributed by atoms with Crippen molar-refractivity contribution < 1.29 is 9.53 Å². The van der Waals surface area contributed by atoms with E-state index < -0.39 is 5.97 Å². The lowest BCUT2D eigenvalue weighted by Crippen LogP contribution is -2.29. The molecule has 0 bridgehead atoms. The zero-order chi connectivity index (χ0) is 19.4. The zero-order valence-corrected chi connectivity index (χ0v) is 16.4. The summed E-state index contributed by atoms with van der Waals surface area (Å²) in [7, 11) is 0. The molecule has 0 radical (unpaired) electrons. The Kier molecular flexibility index (Phi) is 5.66. The van der Waals surface area contributed by atoms with Crippen LogP contribution >= 0.6 is 15.9 Å². The molecule has 8 heteroatoms. The van der Waals surface area contributed by atoms with Gasteiger partial charge in [0.05, 0.1) is 17.6 Å². The van der Waals surface area contributed by atoms with Crippen LogP contribution in [0.25, 0.3) is 0 Å². The lowest BCUT2D eigenvalue weighted by Gasteiger charge is -2.14. The van der Waals surface area contributed by atoms with E-state index in [0.29, 0.717) is 23.7 Å². The number of nitrogens with zero attached hydrogens (tertiary/aromatic N) is 3. The number of pyridine rings is 1. The first-order valence-electron chi connectivity index (χ1n) is 8.26. The molecule has 0 saturated carbocycles. The van der Waals surface area contributed by atoms with Crippen LogP contribution < -0.4 is 15.6 Å². The van der Waals surface area contributed by atoms with Gasteiger partial charge in [-0.15, -0.1) is 0 Å². The van der Waals surface area contributed by atoms with E-state index in [1.807, 2.05) is 6.92 Å². The van der Waals surface area contributed by atoms with Crippen molar-refractivity contribution in [2.45, 2.75) is 20.4 Å². The molecule has 0 unspecified atom stereocenters. The summed E-state index contributed by atoms with van der Waals surface area (Å²) in [5, 5.41) is 2.92. The summed E-state index contributed by atoms with van der Waals surface area (Å²) >= 11 is 3.33. The van der Waals surface area contributed by atoms with E-state index in [4.69, 9.17) is 4.74 Å². The largest absolute Gasteiger partial charge is 0.422 e. The van der Waals surface area contributed by atoms with Crippen molar-refractivity contribution in [3.05, 3.63) is 75.0 Å². The highest BCUT2D eigenvalue weighted by atomic mass is 79.9. The van der Waals surface area contributed by atoms with Crippen LogP contribution in [0.2, 0.25) is 0 Å². The second-order valence-electron chi connectivity index (χ2n) is 5.65. The van der Waals surface area contributed by atoms with Gasteiger partial charge in [-0.05, 0) is 50.2 Å². The molecule has 2 aromatic heterocycles. The molecule has 0 aliphatic heterocycles. The van der Waals surface area contributed by atoms with Crippen LogP contribution in [0.4, 0.5) is 11.5 Å². The first-order chi connectivity index (χ1) is 13.0. The predicted octanol–water partition coefficient (Wildman–Crippen LogP) is 3.69. The fourth-order valence-corrected chi connectivity index (χ4v) is 2.80. The fraction of sp³-hybridized carbons (Fsp3) is 0.158. The van der Waals surface area contributed by atoms with Crippen molar-refractivity contribution in [1.82, 2.24) is 14.5 Å². The summed E-state index contributed by atoms with van der Waals surface area (Å²) in [4.78, 5) is 33.5. The predicted molar refractivity (Wildman–Crippen MR) is 106 cm³/mol. The Bertz CT molecular complexity index is 1020. The normalized spacial score (nSPS) is 10.5. The number of aromatic nitrogens is 3. The number of rotatable bonds is 5. The van der Waals surface area contributed by atoms with Crippen molar-refractivity contribution in [3.8, 4) is 5.75 Å².